The van der Waals surface area contributed by atoms with Crippen LogP contribution in [-0.4, -0.2) is 17.4 Å². The predicted molar refractivity (Wildman–Crippen MR) is 102 cm³/mol. The number of hydrogen-bond acceptors (Lipinski definition) is 2. The normalized spacial score (nSPS) is 31.1. The van der Waals surface area contributed by atoms with Gasteiger partial charge in [-0.15, -0.1) is 0 Å². The van der Waals surface area contributed by atoms with Crippen molar-refractivity contribution >= 4 is 5.91 Å². The lowest BCUT2D eigenvalue weighted by Gasteiger charge is -2.50. The number of ether oxygens (including phenoxy) is 1. The first kappa shape index (κ1) is 17.3. The third-order valence-electron chi connectivity index (χ3n) is 6.20. The Hall–Kier alpha value is -2.13. The summed E-state index contributed by atoms with van der Waals surface area (Å²) < 4.78 is 6.57. The fraction of sp³-hybridized carbons (Fsp3) is 0.435. The number of rotatable bonds is 4. The largest absolute Gasteiger partial charge is 0.348 e. The standard InChI is InChI=1S/C23H27NO2/c1-3-17-15-19(4-2)23(20-13-9-6-10-14-20)24(22(17)25)21(16-26-23)18-11-7-5-8-12-18/h5-14,17,19,21H,3-4,15-16H2,1-2H3/t17-,19-,21+,23-/m1/s1. The highest BCUT2D eigenvalue weighted by Crippen LogP contribution is 2.54. The van der Waals surface area contributed by atoms with Gasteiger partial charge in [-0.2, -0.15) is 0 Å². The molecule has 0 bridgehead atoms. The van der Waals surface area contributed by atoms with E-state index in [9.17, 15) is 4.79 Å². The first-order valence-electron chi connectivity index (χ1n) is 9.80. The van der Waals surface area contributed by atoms with E-state index >= 15 is 0 Å². The fourth-order valence-electron chi connectivity index (χ4n) is 4.85. The highest BCUT2D eigenvalue weighted by molar-refractivity contribution is 5.81. The molecule has 1 amide bonds. The number of hydrogen-bond donors (Lipinski definition) is 0. The van der Waals surface area contributed by atoms with Crippen molar-refractivity contribution in [2.75, 3.05) is 6.61 Å². The highest BCUT2D eigenvalue weighted by Gasteiger charge is 2.59. The van der Waals surface area contributed by atoms with Crippen LogP contribution in [0, 0.1) is 11.8 Å². The molecule has 4 rings (SSSR count). The minimum Gasteiger partial charge on any atom is -0.348 e. The molecule has 0 saturated carbocycles. The van der Waals surface area contributed by atoms with E-state index in [4.69, 9.17) is 4.74 Å². The van der Waals surface area contributed by atoms with Crippen LogP contribution in [0.2, 0.25) is 0 Å². The van der Waals surface area contributed by atoms with Crippen molar-refractivity contribution in [3.8, 4) is 0 Å². The monoisotopic (exact) mass is 349 g/mol. The molecule has 26 heavy (non-hydrogen) atoms. The fourth-order valence-corrected chi connectivity index (χ4v) is 4.85. The van der Waals surface area contributed by atoms with Crippen molar-refractivity contribution < 1.29 is 9.53 Å². The number of carbonyl (C=O) groups is 1. The van der Waals surface area contributed by atoms with Crippen molar-refractivity contribution in [2.45, 2.75) is 44.9 Å². The quantitative estimate of drug-likeness (QED) is 0.786. The summed E-state index contributed by atoms with van der Waals surface area (Å²) in [6, 6.07) is 20.6. The Morgan fingerprint density at radius 1 is 1.00 bits per heavy atom. The molecule has 2 aliphatic rings. The van der Waals surface area contributed by atoms with Gasteiger partial charge in [-0.1, -0.05) is 74.5 Å². The van der Waals surface area contributed by atoms with Crippen LogP contribution in [0.5, 0.6) is 0 Å². The van der Waals surface area contributed by atoms with E-state index in [2.05, 4.69) is 43.0 Å². The maximum absolute atomic E-state index is 13.5. The topological polar surface area (TPSA) is 29.5 Å². The number of benzene rings is 2. The van der Waals surface area contributed by atoms with Gasteiger partial charge in [0.15, 0.2) is 5.72 Å². The second-order valence-corrected chi connectivity index (χ2v) is 7.45. The molecule has 2 aliphatic heterocycles. The van der Waals surface area contributed by atoms with Crippen molar-refractivity contribution in [1.29, 1.82) is 0 Å². The number of piperidine rings is 1. The van der Waals surface area contributed by atoms with Gasteiger partial charge in [0.2, 0.25) is 5.91 Å². The van der Waals surface area contributed by atoms with Crippen LogP contribution in [0.25, 0.3) is 0 Å². The SMILES string of the molecule is CC[C@@H]1C[C@@H](CC)[C@]2(c3ccccc3)OC[C@@H](c3ccccc3)N2C1=O. The van der Waals surface area contributed by atoms with Crippen LogP contribution in [-0.2, 0) is 15.3 Å². The van der Waals surface area contributed by atoms with Crippen LogP contribution in [0.4, 0.5) is 0 Å². The molecule has 3 heteroatoms. The summed E-state index contributed by atoms with van der Waals surface area (Å²) in [7, 11) is 0. The lowest BCUT2D eigenvalue weighted by molar-refractivity contribution is -0.189. The summed E-state index contributed by atoms with van der Waals surface area (Å²) in [5.74, 6) is 0.637. The maximum Gasteiger partial charge on any atom is 0.228 e. The average Bonchev–Trinajstić information content (AvgIpc) is 3.12. The third kappa shape index (κ3) is 2.49. The molecule has 2 aromatic rings. The molecule has 0 radical (unpaired) electrons. The number of nitrogens with zero attached hydrogens (tertiary/aromatic N) is 1. The van der Waals surface area contributed by atoms with Gasteiger partial charge >= 0.3 is 0 Å². The zero-order valence-corrected chi connectivity index (χ0v) is 15.6. The minimum absolute atomic E-state index is 0.0210. The number of fused-ring (bicyclic) bond motifs is 1. The Bertz CT molecular complexity index is 760. The molecular formula is C23H27NO2. The first-order valence-corrected chi connectivity index (χ1v) is 9.80. The van der Waals surface area contributed by atoms with E-state index < -0.39 is 5.72 Å². The Morgan fingerprint density at radius 3 is 2.27 bits per heavy atom. The summed E-state index contributed by atoms with van der Waals surface area (Å²) in [5, 5.41) is 0. The van der Waals surface area contributed by atoms with Gasteiger partial charge in [-0.3, -0.25) is 4.79 Å². The van der Waals surface area contributed by atoms with Crippen LogP contribution in [0.1, 0.15) is 50.3 Å². The van der Waals surface area contributed by atoms with Crippen LogP contribution in [0.15, 0.2) is 60.7 Å². The van der Waals surface area contributed by atoms with E-state index in [-0.39, 0.29) is 17.9 Å². The van der Waals surface area contributed by atoms with Crippen molar-refractivity contribution in [2.24, 2.45) is 11.8 Å². The molecule has 0 N–H and O–H groups in total. The Morgan fingerprint density at radius 2 is 1.65 bits per heavy atom. The molecule has 136 valence electrons. The Labute approximate surface area is 156 Å². The molecule has 2 fully saturated rings. The lowest BCUT2D eigenvalue weighted by Crippen LogP contribution is -2.57. The maximum atomic E-state index is 13.5. The van der Waals surface area contributed by atoms with Crippen LogP contribution >= 0.6 is 0 Å². The van der Waals surface area contributed by atoms with E-state index in [1.807, 2.05) is 36.4 Å². The number of amides is 1. The molecule has 0 unspecified atom stereocenters. The Balaban J connectivity index is 1.87. The van der Waals surface area contributed by atoms with E-state index in [0.29, 0.717) is 12.5 Å². The van der Waals surface area contributed by atoms with Crippen LogP contribution < -0.4 is 0 Å². The smallest absolute Gasteiger partial charge is 0.228 e. The zero-order chi connectivity index (χ0) is 18.1. The molecular weight excluding hydrogens is 322 g/mol. The van der Waals surface area contributed by atoms with Crippen molar-refractivity contribution in [3.05, 3.63) is 71.8 Å². The third-order valence-corrected chi connectivity index (χ3v) is 6.20. The summed E-state index contributed by atoms with van der Waals surface area (Å²) in [6.07, 6.45) is 2.79. The summed E-state index contributed by atoms with van der Waals surface area (Å²) >= 11 is 0. The van der Waals surface area contributed by atoms with Gasteiger partial charge in [0.05, 0.1) is 12.6 Å². The van der Waals surface area contributed by atoms with Crippen molar-refractivity contribution in [1.82, 2.24) is 4.90 Å². The first-order chi connectivity index (χ1) is 12.7. The van der Waals surface area contributed by atoms with Crippen molar-refractivity contribution in [3.63, 3.8) is 0 Å². The van der Waals surface area contributed by atoms with E-state index in [1.54, 1.807) is 0 Å². The molecule has 0 aromatic heterocycles. The van der Waals surface area contributed by atoms with Gasteiger partial charge in [-0.25, -0.2) is 0 Å². The second kappa shape index (κ2) is 6.88. The van der Waals surface area contributed by atoms with Gasteiger partial charge in [0, 0.05) is 17.4 Å². The van der Waals surface area contributed by atoms with E-state index in [0.717, 1.165) is 30.4 Å². The summed E-state index contributed by atoms with van der Waals surface area (Å²) in [5.41, 5.74) is 1.62. The molecule has 0 spiro atoms. The Kier molecular flexibility index (Phi) is 4.58. The predicted octanol–water partition coefficient (Wildman–Crippen LogP) is 4.90. The van der Waals surface area contributed by atoms with E-state index in [1.165, 1.54) is 0 Å². The second-order valence-electron chi connectivity index (χ2n) is 7.45. The molecule has 0 aliphatic carbocycles. The van der Waals surface area contributed by atoms with Gasteiger partial charge in [0.1, 0.15) is 0 Å². The molecule has 4 atom stereocenters. The summed E-state index contributed by atoms with van der Waals surface area (Å²) in [4.78, 5) is 15.6. The summed E-state index contributed by atoms with van der Waals surface area (Å²) in [6.45, 7) is 4.89. The van der Waals surface area contributed by atoms with Gasteiger partial charge in [-0.05, 0) is 24.8 Å². The van der Waals surface area contributed by atoms with Gasteiger partial charge in [0.25, 0.3) is 0 Å². The minimum atomic E-state index is -0.640. The van der Waals surface area contributed by atoms with Gasteiger partial charge < -0.3 is 9.64 Å². The molecule has 2 saturated heterocycles. The lowest BCUT2D eigenvalue weighted by atomic mass is 9.74. The zero-order valence-electron chi connectivity index (χ0n) is 15.6. The average molecular weight is 349 g/mol. The van der Waals surface area contributed by atoms with Crippen LogP contribution in [0.3, 0.4) is 0 Å². The highest BCUT2D eigenvalue weighted by atomic mass is 16.5. The number of carbonyl (C=O) groups excluding carboxylic acids is 1. The molecule has 3 nitrogen and oxygen atoms in total. The molecule has 2 aromatic carbocycles. The molecule has 2 heterocycles.